The van der Waals surface area contributed by atoms with Gasteiger partial charge in [0.1, 0.15) is 0 Å². The smallest absolute Gasteiger partial charge is 0 e. The summed E-state index contributed by atoms with van der Waals surface area (Å²) in [4.78, 5) is 0. The van der Waals surface area contributed by atoms with Crippen LogP contribution in [-0.2, 0) is 18.6 Å². The van der Waals surface area contributed by atoms with Crippen molar-refractivity contribution in [2.75, 3.05) is 0 Å². The first-order valence-corrected chi connectivity index (χ1v) is 6.14. The van der Waals surface area contributed by atoms with Gasteiger partial charge in [0.05, 0.1) is 0 Å². The first kappa shape index (κ1) is 16.6. The van der Waals surface area contributed by atoms with Crippen molar-refractivity contribution in [1.82, 2.24) is 0 Å². The maximum Gasteiger partial charge on any atom is 0 e. The third-order valence-electron chi connectivity index (χ3n) is 3.10. The third kappa shape index (κ3) is 3.77. The minimum Gasteiger partial charge on any atom is -1.00 e. The van der Waals surface area contributed by atoms with Gasteiger partial charge in [-0.1, -0.05) is 12.1 Å². The van der Waals surface area contributed by atoms with Crippen LogP contribution < -0.4 is 12.4 Å². The van der Waals surface area contributed by atoms with Gasteiger partial charge in [-0.05, 0) is 0 Å². The molecule has 0 saturated carbocycles. The predicted molar refractivity (Wildman–Crippen MR) is 79.1 cm³/mol. The van der Waals surface area contributed by atoms with E-state index in [1.54, 1.807) is 0 Å². The van der Waals surface area contributed by atoms with Gasteiger partial charge in [0, 0.05) is 18.6 Å². The maximum atomic E-state index is 2.12. The van der Waals surface area contributed by atoms with Crippen LogP contribution in [0.3, 0.4) is 0 Å². The molecular weight excluding hydrogens is 303 g/mol. The minimum absolute atomic E-state index is 0. The molecule has 0 nitrogen and oxygen atoms in total. The average Bonchev–Trinajstić information content (AvgIpc) is 3.08. The Morgan fingerprint density at radius 3 is 1.35 bits per heavy atom. The van der Waals surface area contributed by atoms with Gasteiger partial charge in [-0.3, -0.25) is 0 Å². The molecule has 4 rings (SSSR count). The van der Waals surface area contributed by atoms with Crippen LogP contribution in [0.1, 0.15) is 0 Å². The van der Waals surface area contributed by atoms with Gasteiger partial charge >= 0.3 is 0 Å². The summed E-state index contributed by atoms with van der Waals surface area (Å²) in [5.74, 6) is 0. The molecule has 20 heavy (non-hydrogen) atoms. The van der Waals surface area contributed by atoms with Gasteiger partial charge in [-0.25, -0.2) is 0 Å². The normalized spacial score (nSPS) is 9.20. The molecule has 0 N–H and O–H groups in total. The number of hydrogen-bond acceptors (Lipinski definition) is 0. The fourth-order valence-corrected chi connectivity index (χ4v) is 2.14. The largest absolute Gasteiger partial charge is 1.00 e. The summed E-state index contributed by atoms with van der Waals surface area (Å²) in [6, 6.07) is 29.3. The van der Waals surface area contributed by atoms with Gasteiger partial charge in [-0.2, -0.15) is 35.0 Å². The van der Waals surface area contributed by atoms with Crippen molar-refractivity contribution in [3.05, 3.63) is 84.9 Å². The first-order valence-electron chi connectivity index (χ1n) is 6.14. The van der Waals surface area contributed by atoms with Crippen molar-refractivity contribution in [2.24, 2.45) is 0 Å². The average molecular weight is 317 g/mol. The number of hydrogen-bond donors (Lipinski definition) is 0. The molecular formula is C18H14ClV-3. The van der Waals surface area contributed by atoms with Gasteiger partial charge in [0.15, 0.2) is 0 Å². The van der Waals surface area contributed by atoms with Crippen LogP contribution in [0.5, 0.6) is 0 Å². The molecule has 0 spiro atoms. The Labute approximate surface area is 137 Å². The van der Waals surface area contributed by atoms with Crippen molar-refractivity contribution < 1.29 is 31.0 Å². The molecule has 0 aliphatic heterocycles. The second kappa shape index (κ2) is 7.96. The number of rotatable bonds is 0. The van der Waals surface area contributed by atoms with Crippen LogP contribution in [0, 0.1) is 0 Å². The van der Waals surface area contributed by atoms with Crippen molar-refractivity contribution in [3.8, 4) is 0 Å². The monoisotopic (exact) mass is 316 g/mol. The Hall–Kier alpha value is -1.47. The maximum absolute atomic E-state index is 2.12. The van der Waals surface area contributed by atoms with E-state index in [0.717, 1.165) is 0 Å². The summed E-state index contributed by atoms with van der Waals surface area (Å²) in [5, 5.41) is 5.32. The van der Waals surface area contributed by atoms with E-state index < -0.39 is 0 Å². The second-order valence-electron chi connectivity index (χ2n) is 4.31. The summed E-state index contributed by atoms with van der Waals surface area (Å²) in [7, 11) is 0. The van der Waals surface area contributed by atoms with E-state index in [9.17, 15) is 0 Å². The second-order valence-corrected chi connectivity index (χ2v) is 4.31. The zero-order valence-electron chi connectivity index (χ0n) is 10.9. The van der Waals surface area contributed by atoms with Crippen molar-refractivity contribution in [3.63, 3.8) is 0 Å². The molecule has 0 aromatic heterocycles. The Morgan fingerprint density at radius 2 is 0.950 bits per heavy atom. The van der Waals surface area contributed by atoms with Crippen LogP contribution in [0.25, 0.3) is 21.5 Å². The van der Waals surface area contributed by atoms with E-state index >= 15 is 0 Å². The van der Waals surface area contributed by atoms with Gasteiger partial charge in [0.2, 0.25) is 0 Å². The Kier molecular flexibility index (Phi) is 6.61. The minimum atomic E-state index is 0. The standard InChI is InChI=1S/2C9H7.ClH.V/c2*1-2-5-9-7-3-6-8(9)4-1;;/h2*1-7H;1H;/q2*-1;;/p-1. The zero-order chi connectivity index (χ0) is 12.2. The quantitative estimate of drug-likeness (QED) is 0.436. The van der Waals surface area contributed by atoms with Crippen LogP contribution in [0.15, 0.2) is 84.9 Å². The molecule has 0 aliphatic rings. The fraction of sp³-hybridized carbons (Fsp3) is 0. The van der Waals surface area contributed by atoms with E-state index in [-0.39, 0.29) is 31.0 Å². The Balaban J connectivity index is 0.000000182. The van der Waals surface area contributed by atoms with Crippen LogP contribution in [0.2, 0.25) is 0 Å². The number of halogens is 1. The predicted octanol–water partition coefficient (Wildman–Crippen LogP) is 2.12. The van der Waals surface area contributed by atoms with Crippen LogP contribution >= 0.6 is 0 Å². The molecule has 0 fully saturated rings. The Morgan fingerprint density at radius 1 is 0.550 bits per heavy atom. The molecule has 0 heterocycles. The molecule has 2 heteroatoms. The molecule has 101 valence electrons. The summed E-state index contributed by atoms with van der Waals surface area (Å²) < 4.78 is 0. The van der Waals surface area contributed by atoms with E-state index in [1.807, 2.05) is 0 Å². The van der Waals surface area contributed by atoms with Crippen molar-refractivity contribution in [1.29, 1.82) is 0 Å². The molecule has 0 amide bonds. The third-order valence-corrected chi connectivity index (χ3v) is 3.10. The summed E-state index contributed by atoms with van der Waals surface area (Å²) in [5.41, 5.74) is 0. The van der Waals surface area contributed by atoms with E-state index in [2.05, 4.69) is 84.9 Å². The van der Waals surface area contributed by atoms with E-state index in [0.29, 0.717) is 0 Å². The summed E-state index contributed by atoms with van der Waals surface area (Å²) in [6.45, 7) is 0. The molecule has 4 aromatic carbocycles. The molecule has 0 unspecified atom stereocenters. The summed E-state index contributed by atoms with van der Waals surface area (Å²) in [6.07, 6.45) is 0. The Bertz CT molecular complexity index is 625. The molecule has 0 aliphatic carbocycles. The molecule has 0 saturated heterocycles. The molecule has 1 radical (unpaired) electrons. The van der Waals surface area contributed by atoms with E-state index in [1.165, 1.54) is 21.5 Å². The van der Waals surface area contributed by atoms with Crippen LogP contribution in [-0.4, -0.2) is 0 Å². The fourth-order valence-electron chi connectivity index (χ4n) is 2.14. The van der Waals surface area contributed by atoms with E-state index in [4.69, 9.17) is 0 Å². The SMILES string of the molecule is [Cl-].[V].c1ccc2[cH-]ccc2c1.c1ccc2[cH-]ccc2c1. The van der Waals surface area contributed by atoms with Gasteiger partial charge < -0.3 is 12.4 Å². The van der Waals surface area contributed by atoms with Crippen molar-refractivity contribution in [2.45, 2.75) is 0 Å². The van der Waals surface area contributed by atoms with Gasteiger partial charge in [-0.15, -0.1) is 59.3 Å². The number of benzene rings is 2. The summed E-state index contributed by atoms with van der Waals surface area (Å²) >= 11 is 0. The molecule has 4 aromatic rings. The topological polar surface area (TPSA) is 0 Å². The van der Waals surface area contributed by atoms with Crippen molar-refractivity contribution >= 4 is 21.5 Å². The zero-order valence-corrected chi connectivity index (χ0v) is 13.1. The molecule has 0 atom stereocenters. The first-order chi connectivity index (χ1) is 8.93. The number of fused-ring (bicyclic) bond motifs is 2. The van der Waals surface area contributed by atoms with Crippen LogP contribution in [0.4, 0.5) is 0 Å². The molecule has 0 bridgehead atoms. The van der Waals surface area contributed by atoms with Gasteiger partial charge in [0.25, 0.3) is 0 Å².